The van der Waals surface area contributed by atoms with Crippen molar-refractivity contribution in [2.24, 2.45) is 0 Å². The molecular formula is C21H29N3O2. The summed E-state index contributed by atoms with van der Waals surface area (Å²) in [5, 5.41) is 2.93. The second kappa shape index (κ2) is 10.4. The van der Waals surface area contributed by atoms with E-state index in [4.69, 9.17) is 4.74 Å². The van der Waals surface area contributed by atoms with E-state index in [1.54, 1.807) is 19.4 Å². The van der Waals surface area contributed by atoms with E-state index in [2.05, 4.69) is 29.0 Å². The predicted octanol–water partition coefficient (Wildman–Crippen LogP) is 3.69. The van der Waals surface area contributed by atoms with Gasteiger partial charge in [0.15, 0.2) is 0 Å². The molecule has 0 aliphatic carbocycles. The van der Waals surface area contributed by atoms with Crippen LogP contribution in [-0.4, -0.2) is 37.6 Å². The van der Waals surface area contributed by atoms with Crippen molar-refractivity contribution in [1.29, 1.82) is 0 Å². The standard InChI is InChI=1S/C21H29N3O2/c1-4-14-24(15-5-2)18-10-11-19(23-16-18)21(25)22-13-12-17-8-6-7-9-20(17)26-3/h6-11,16H,4-5,12-15H2,1-3H3,(H,22,25). The van der Waals surface area contributed by atoms with Crippen LogP contribution in [0.2, 0.25) is 0 Å². The summed E-state index contributed by atoms with van der Waals surface area (Å²) in [7, 11) is 1.66. The zero-order valence-corrected chi connectivity index (χ0v) is 16.0. The van der Waals surface area contributed by atoms with Gasteiger partial charge in [-0.2, -0.15) is 0 Å². The minimum atomic E-state index is -0.149. The van der Waals surface area contributed by atoms with Crippen molar-refractivity contribution < 1.29 is 9.53 Å². The molecule has 1 N–H and O–H groups in total. The smallest absolute Gasteiger partial charge is 0.269 e. The number of carbonyl (C=O) groups excluding carboxylic acids is 1. The Hall–Kier alpha value is -2.56. The summed E-state index contributed by atoms with van der Waals surface area (Å²) in [6, 6.07) is 11.6. The molecule has 0 saturated heterocycles. The molecule has 0 bridgehead atoms. The third-order valence-electron chi connectivity index (χ3n) is 4.21. The predicted molar refractivity (Wildman–Crippen MR) is 106 cm³/mol. The van der Waals surface area contributed by atoms with E-state index in [9.17, 15) is 4.79 Å². The summed E-state index contributed by atoms with van der Waals surface area (Å²) in [6.45, 7) is 6.87. The summed E-state index contributed by atoms with van der Waals surface area (Å²) in [4.78, 5) is 19.0. The molecule has 0 unspecified atom stereocenters. The van der Waals surface area contributed by atoms with Gasteiger partial charge < -0.3 is 15.0 Å². The van der Waals surface area contributed by atoms with Gasteiger partial charge in [0.1, 0.15) is 11.4 Å². The summed E-state index contributed by atoms with van der Waals surface area (Å²) in [6.07, 6.45) is 4.69. The Morgan fingerprint density at radius 2 is 1.85 bits per heavy atom. The highest BCUT2D eigenvalue weighted by molar-refractivity contribution is 5.92. The van der Waals surface area contributed by atoms with Crippen molar-refractivity contribution in [2.75, 3.05) is 31.6 Å². The number of hydrogen-bond donors (Lipinski definition) is 1. The number of benzene rings is 1. The molecule has 1 aromatic heterocycles. The number of anilines is 1. The number of carbonyl (C=O) groups is 1. The van der Waals surface area contributed by atoms with Crippen molar-refractivity contribution in [2.45, 2.75) is 33.1 Å². The first-order valence-electron chi connectivity index (χ1n) is 9.30. The fraction of sp³-hybridized carbons (Fsp3) is 0.429. The first-order valence-corrected chi connectivity index (χ1v) is 9.30. The molecule has 140 valence electrons. The molecule has 0 radical (unpaired) electrons. The maximum atomic E-state index is 12.3. The fourth-order valence-corrected chi connectivity index (χ4v) is 2.93. The molecule has 5 nitrogen and oxygen atoms in total. The van der Waals surface area contributed by atoms with Crippen molar-refractivity contribution in [1.82, 2.24) is 10.3 Å². The van der Waals surface area contributed by atoms with Gasteiger partial charge in [-0.05, 0) is 43.0 Å². The Morgan fingerprint density at radius 1 is 1.12 bits per heavy atom. The van der Waals surface area contributed by atoms with Crippen LogP contribution in [0.3, 0.4) is 0 Å². The van der Waals surface area contributed by atoms with Crippen LogP contribution in [0.15, 0.2) is 42.6 Å². The third kappa shape index (κ3) is 5.48. The molecule has 0 aliphatic heterocycles. The fourth-order valence-electron chi connectivity index (χ4n) is 2.93. The molecule has 0 atom stereocenters. The van der Waals surface area contributed by atoms with Crippen LogP contribution < -0.4 is 15.0 Å². The first-order chi connectivity index (χ1) is 12.7. The zero-order chi connectivity index (χ0) is 18.8. The lowest BCUT2D eigenvalue weighted by atomic mass is 10.1. The van der Waals surface area contributed by atoms with Gasteiger partial charge in [0, 0.05) is 19.6 Å². The normalized spacial score (nSPS) is 10.4. The van der Waals surface area contributed by atoms with E-state index >= 15 is 0 Å². The number of hydrogen-bond acceptors (Lipinski definition) is 4. The molecule has 0 saturated carbocycles. The van der Waals surface area contributed by atoms with Gasteiger partial charge in [0.05, 0.1) is 19.0 Å². The lowest BCUT2D eigenvalue weighted by Crippen LogP contribution is -2.27. The monoisotopic (exact) mass is 355 g/mol. The molecule has 2 aromatic rings. The van der Waals surface area contributed by atoms with Crippen LogP contribution >= 0.6 is 0 Å². The van der Waals surface area contributed by atoms with E-state index in [-0.39, 0.29) is 5.91 Å². The third-order valence-corrected chi connectivity index (χ3v) is 4.21. The van der Waals surface area contributed by atoms with Gasteiger partial charge in [-0.1, -0.05) is 32.0 Å². The molecule has 1 aromatic carbocycles. The van der Waals surface area contributed by atoms with Gasteiger partial charge in [-0.15, -0.1) is 0 Å². The topological polar surface area (TPSA) is 54.5 Å². The minimum Gasteiger partial charge on any atom is -0.496 e. The van der Waals surface area contributed by atoms with Crippen molar-refractivity contribution >= 4 is 11.6 Å². The number of aromatic nitrogens is 1. The van der Waals surface area contributed by atoms with Gasteiger partial charge in [-0.25, -0.2) is 4.98 Å². The highest BCUT2D eigenvalue weighted by Gasteiger charge is 2.10. The molecule has 2 rings (SSSR count). The molecule has 0 fully saturated rings. The van der Waals surface area contributed by atoms with Gasteiger partial charge in [0.25, 0.3) is 5.91 Å². The highest BCUT2D eigenvalue weighted by Crippen LogP contribution is 2.17. The zero-order valence-electron chi connectivity index (χ0n) is 16.0. The van der Waals surface area contributed by atoms with E-state index in [0.717, 1.165) is 42.9 Å². The quantitative estimate of drug-likeness (QED) is 0.706. The number of nitrogens with one attached hydrogen (secondary N) is 1. The second-order valence-electron chi connectivity index (χ2n) is 6.21. The number of para-hydroxylation sites is 1. The van der Waals surface area contributed by atoms with Crippen molar-refractivity contribution in [3.8, 4) is 5.75 Å². The Kier molecular flexibility index (Phi) is 7.93. The number of rotatable bonds is 10. The molecule has 0 spiro atoms. The minimum absolute atomic E-state index is 0.149. The maximum Gasteiger partial charge on any atom is 0.269 e. The molecule has 1 amide bonds. The lowest BCUT2D eigenvalue weighted by molar-refractivity contribution is 0.0949. The summed E-state index contributed by atoms with van der Waals surface area (Å²) in [5.74, 6) is 0.695. The molecule has 5 heteroatoms. The summed E-state index contributed by atoms with van der Waals surface area (Å²) in [5.41, 5.74) is 2.59. The van der Waals surface area contributed by atoms with E-state index < -0.39 is 0 Å². The molecular weight excluding hydrogens is 326 g/mol. The maximum absolute atomic E-state index is 12.3. The van der Waals surface area contributed by atoms with Gasteiger partial charge in [0.2, 0.25) is 0 Å². The van der Waals surface area contributed by atoms with Crippen LogP contribution in [0.5, 0.6) is 5.75 Å². The number of methoxy groups -OCH3 is 1. The average molecular weight is 355 g/mol. The Morgan fingerprint density at radius 3 is 2.46 bits per heavy atom. The number of ether oxygens (including phenoxy) is 1. The van der Waals surface area contributed by atoms with Crippen LogP contribution in [0.4, 0.5) is 5.69 Å². The Labute approximate surface area is 156 Å². The number of nitrogens with zero attached hydrogens (tertiary/aromatic N) is 2. The van der Waals surface area contributed by atoms with Gasteiger partial charge in [-0.3, -0.25) is 4.79 Å². The van der Waals surface area contributed by atoms with Crippen LogP contribution in [0.1, 0.15) is 42.7 Å². The largest absolute Gasteiger partial charge is 0.496 e. The van der Waals surface area contributed by atoms with Crippen molar-refractivity contribution in [3.05, 3.63) is 53.9 Å². The molecule has 0 aliphatic rings. The summed E-state index contributed by atoms with van der Waals surface area (Å²) < 4.78 is 5.33. The second-order valence-corrected chi connectivity index (χ2v) is 6.21. The average Bonchev–Trinajstić information content (AvgIpc) is 2.68. The molecule has 1 heterocycles. The SMILES string of the molecule is CCCN(CCC)c1ccc(C(=O)NCCc2ccccc2OC)nc1. The lowest BCUT2D eigenvalue weighted by Gasteiger charge is -2.23. The first kappa shape index (κ1) is 19.8. The Balaban J connectivity index is 1.91. The molecule has 26 heavy (non-hydrogen) atoms. The van der Waals surface area contributed by atoms with Gasteiger partial charge >= 0.3 is 0 Å². The van der Waals surface area contributed by atoms with Crippen LogP contribution in [0, 0.1) is 0 Å². The van der Waals surface area contributed by atoms with Crippen LogP contribution in [-0.2, 0) is 6.42 Å². The van der Waals surface area contributed by atoms with Crippen molar-refractivity contribution in [3.63, 3.8) is 0 Å². The van der Waals surface area contributed by atoms with E-state index in [1.165, 1.54) is 0 Å². The van der Waals surface area contributed by atoms with E-state index in [1.807, 2.05) is 30.3 Å². The number of amides is 1. The summed E-state index contributed by atoms with van der Waals surface area (Å²) >= 11 is 0. The van der Waals surface area contributed by atoms with Crippen LogP contribution in [0.25, 0.3) is 0 Å². The Bertz CT molecular complexity index is 680. The van der Waals surface area contributed by atoms with E-state index in [0.29, 0.717) is 18.7 Å². The highest BCUT2D eigenvalue weighted by atomic mass is 16.5. The number of pyridine rings is 1.